The number of amides is 1. The zero-order chi connectivity index (χ0) is 16.7. The molecule has 1 amide bonds. The van der Waals surface area contributed by atoms with Crippen LogP contribution in [-0.4, -0.2) is 50.3 Å². The highest BCUT2D eigenvalue weighted by Crippen LogP contribution is 2.22. The molecule has 0 spiro atoms. The standard InChI is InChI=1S/C16H15FN6O/c1-22-9-8-12(16(22)24)18-13-6-7-14-19-20-15(23(14)21-13)10-4-2-3-5-11(10)17/h2-7,12H,8-9H2,1H3,(H,18,21)/t12-/m1/s1. The van der Waals surface area contributed by atoms with Crippen LogP contribution in [0, 0.1) is 5.82 Å². The van der Waals surface area contributed by atoms with Crippen molar-refractivity contribution in [3.8, 4) is 11.4 Å². The first kappa shape index (κ1) is 14.6. The molecule has 1 fully saturated rings. The van der Waals surface area contributed by atoms with Crippen LogP contribution in [0.5, 0.6) is 0 Å². The zero-order valence-electron chi connectivity index (χ0n) is 13.0. The molecule has 0 aliphatic carbocycles. The third kappa shape index (κ3) is 2.36. The average molecular weight is 326 g/mol. The highest BCUT2D eigenvalue weighted by atomic mass is 19.1. The summed E-state index contributed by atoms with van der Waals surface area (Å²) in [5, 5.41) is 15.6. The minimum absolute atomic E-state index is 0.0370. The number of aromatic nitrogens is 4. The van der Waals surface area contributed by atoms with E-state index in [-0.39, 0.29) is 17.8 Å². The van der Waals surface area contributed by atoms with Gasteiger partial charge in [0.15, 0.2) is 11.5 Å². The number of anilines is 1. The number of carbonyl (C=O) groups is 1. The number of benzene rings is 1. The number of likely N-dealkylation sites (N-methyl/N-ethyl adjacent to an activating group) is 1. The number of halogens is 1. The second-order valence-electron chi connectivity index (χ2n) is 5.74. The lowest BCUT2D eigenvalue weighted by molar-refractivity contribution is -0.127. The summed E-state index contributed by atoms with van der Waals surface area (Å²) in [6, 6.07) is 9.51. The van der Waals surface area contributed by atoms with Gasteiger partial charge in [0.05, 0.1) is 5.56 Å². The fourth-order valence-electron chi connectivity index (χ4n) is 2.81. The first-order valence-corrected chi connectivity index (χ1v) is 7.62. The molecule has 1 aliphatic rings. The van der Waals surface area contributed by atoms with Gasteiger partial charge in [-0.15, -0.1) is 15.3 Å². The Balaban J connectivity index is 1.71. The number of fused-ring (bicyclic) bond motifs is 1. The average Bonchev–Trinajstić information content (AvgIpc) is 3.14. The van der Waals surface area contributed by atoms with Crippen molar-refractivity contribution < 1.29 is 9.18 Å². The molecule has 3 heterocycles. The van der Waals surface area contributed by atoms with Crippen molar-refractivity contribution in [3.63, 3.8) is 0 Å². The van der Waals surface area contributed by atoms with Crippen LogP contribution in [0.4, 0.5) is 10.2 Å². The molecular formula is C16H15FN6O. The Morgan fingerprint density at radius 2 is 2.04 bits per heavy atom. The van der Waals surface area contributed by atoms with Gasteiger partial charge < -0.3 is 10.2 Å². The molecule has 122 valence electrons. The summed E-state index contributed by atoms with van der Waals surface area (Å²) in [5.41, 5.74) is 0.833. The smallest absolute Gasteiger partial charge is 0.244 e. The Bertz CT molecular complexity index is 924. The summed E-state index contributed by atoms with van der Waals surface area (Å²) in [6.07, 6.45) is 0.720. The third-order valence-corrected chi connectivity index (χ3v) is 4.13. The van der Waals surface area contributed by atoms with Crippen molar-refractivity contribution in [2.24, 2.45) is 0 Å². The molecule has 0 saturated carbocycles. The first-order chi connectivity index (χ1) is 11.6. The lowest BCUT2D eigenvalue weighted by atomic mass is 10.2. The van der Waals surface area contributed by atoms with E-state index in [2.05, 4.69) is 20.6 Å². The molecule has 1 saturated heterocycles. The van der Waals surface area contributed by atoms with Gasteiger partial charge in [-0.1, -0.05) is 12.1 Å². The summed E-state index contributed by atoms with van der Waals surface area (Å²) in [5.74, 6) is 0.490. The molecule has 0 radical (unpaired) electrons. The Hall–Kier alpha value is -3.03. The first-order valence-electron chi connectivity index (χ1n) is 7.62. The molecule has 1 aliphatic heterocycles. The molecule has 3 aromatic rings. The predicted molar refractivity (Wildman–Crippen MR) is 85.8 cm³/mol. The molecule has 0 bridgehead atoms. The topological polar surface area (TPSA) is 75.4 Å². The van der Waals surface area contributed by atoms with Crippen molar-refractivity contribution in [2.75, 3.05) is 18.9 Å². The number of rotatable bonds is 3. The van der Waals surface area contributed by atoms with E-state index in [0.29, 0.717) is 29.4 Å². The van der Waals surface area contributed by atoms with Gasteiger partial charge in [0.2, 0.25) is 5.91 Å². The summed E-state index contributed by atoms with van der Waals surface area (Å²) >= 11 is 0. The number of nitrogens with zero attached hydrogens (tertiary/aromatic N) is 5. The van der Waals surface area contributed by atoms with E-state index in [1.165, 1.54) is 10.6 Å². The van der Waals surface area contributed by atoms with E-state index in [0.717, 1.165) is 6.42 Å². The van der Waals surface area contributed by atoms with Crippen LogP contribution in [-0.2, 0) is 4.79 Å². The molecule has 0 unspecified atom stereocenters. The van der Waals surface area contributed by atoms with Crippen LogP contribution in [0.3, 0.4) is 0 Å². The minimum atomic E-state index is -0.389. The Morgan fingerprint density at radius 3 is 2.79 bits per heavy atom. The van der Waals surface area contributed by atoms with Gasteiger partial charge in [0, 0.05) is 13.6 Å². The highest BCUT2D eigenvalue weighted by molar-refractivity contribution is 5.86. The van der Waals surface area contributed by atoms with E-state index >= 15 is 0 Å². The van der Waals surface area contributed by atoms with Crippen LogP contribution in [0.2, 0.25) is 0 Å². The van der Waals surface area contributed by atoms with Crippen molar-refractivity contribution in [1.82, 2.24) is 24.7 Å². The maximum Gasteiger partial charge on any atom is 0.244 e. The predicted octanol–water partition coefficient (Wildman–Crippen LogP) is 1.57. The van der Waals surface area contributed by atoms with Gasteiger partial charge in [-0.2, -0.15) is 4.52 Å². The molecule has 1 atom stereocenters. The molecule has 1 aromatic carbocycles. The zero-order valence-corrected chi connectivity index (χ0v) is 13.0. The number of hydrogen-bond acceptors (Lipinski definition) is 5. The van der Waals surface area contributed by atoms with Crippen LogP contribution in [0.25, 0.3) is 17.0 Å². The van der Waals surface area contributed by atoms with Gasteiger partial charge in [-0.05, 0) is 30.7 Å². The van der Waals surface area contributed by atoms with Gasteiger partial charge >= 0.3 is 0 Å². The summed E-state index contributed by atoms with van der Waals surface area (Å²) in [7, 11) is 1.77. The second-order valence-corrected chi connectivity index (χ2v) is 5.74. The number of carbonyl (C=O) groups excluding carboxylic acids is 1. The van der Waals surface area contributed by atoms with Crippen LogP contribution in [0.15, 0.2) is 36.4 Å². The molecule has 1 N–H and O–H groups in total. The largest absolute Gasteiger partial charge is 0.357 e. The van der Waals surface area contributed by atoms with E-state index in [4.69, 9.17) is 0 Å². The van der Waals surface area contributed by atoms with Gasteiger partial charge in [-0.3, -0.25) is 4.79 Å². The third-order valence-electron chi connectivity index (χ3n) is 4.13. The van der Waals surface area contributed by atoms with Crippen molar-refractivity contribution >= 4 is 17.4 Å². The van der Waals surface area contributed by atoms with E-state index in [1.54, 1.807) is 42.3 Å². The van der Waals surface area contributed by atoms with E-state index in [9.17, 15) is 9.18 Å². The van der Waals surface area contributed by atoms with Crippen molar-refractivity contribution in [2.45, 2.75) is 12.5 Å². The number of nitrogens with one attached hydrogen (secondary N) is 1. The van der Waals surface area contributed by atoms with Crippen LogP contribution >= 0.6 is 0 Å². The Labute approximate surface area is 137 Å². The lowest BCUT2D eigenvalue weighted by Crippen LogP contribution is -2.31. The lowest BCUT2D eigenvalue weighted by Gasteiger charge is -2.12. The van der Waals surface area contributed by atoms with Gasteiger partial charge in [-0.25, -0.2) is 4.39 Å². The summed E-state index contributed by atoms with van der Waals surface area (Å²) in [4.78, 5) is 13.7. The normalized spacial score (nSPS) is 17.7. The van der Waals surface area contributed by atoms with Crippen LogP contribution < -0.4 is 5.32 Å². The molecule has 7 nitrogen and oxygen atoms in total. The molecular weight excluding hydrogens is 311 g/mol. The van der Waals surface area contributed by atoms with Gasteiger partial charge in [0.1, 0.15) is 17.7 Å². The number of likely N-dealkylation sites (tertiary alicyclic amines) is 1. The van der Waals surface area contributed by atoms with Crippen molar-refractivity contribution in [1.29, 1.82) is 0 Å². The van der Waals surface area contributed by atoms with E-state index < -0.39 is 0 Å². The van der Waals surface area contributed by atoms with Crippen molar-refractivity contribution in [3.05, 3.63) is 42.2 Å². The monoisotopic (exact) mass is 326 g/mol. The highest BCUT2D eigenvalue weighted by Gasteiger charge is 2.29. The number of hydrogen-bond donors (Lipinski definition) is 1. The fraction of sp³-hybridized carbons (Fsp3) is 0.250. The van der Waals surface area contributed by atoms with E-state index in [1.807, 2.05) is 0 Å². The summed E-state index contributed by atoms with van der Waals surface area (Å²) in [6.45, 7) is 0.714. The SMILES string of the molecule is CN1CC[C@@H](Nc2ccc3nnc(-c4ccccc4F)n3n2)C1=O. The van der Waals surface area contributed by atoms with Crippen LogP contribution in [0.1, 0.15) is 6.42 Å². The second kappa shape index (κ2) is 5.55. The Morgan fingerprint density at radius 1 is 1.21 bits per heavy atom. The minimum Gasteiger partial charge on any atom is -0.357 e. The molecule has 4 rings (SSSR count). The Kier molecular flexibility index (Phi) is 3.37. The summed E-state index contributed by atoms with van der Waals surface area (Å²) < 4.78 is 15.5. The van der Waals surface area contributed by atoms with Gasteiger partial charge in [0.25, 0.3) is 0 Å². The molecule has 8 heteroatoms. The maximum absolute atomic E-state index is 14.0. The molecule has 2 aromatic heterocycles. The fourth-order valence-corrected chi connectivity index (χ4v) is 2.81. The molecule has 24 heavy (non-hydrogen) atoms. The quantitative estimate of drug-likeness (QED) is 0.791. The maximum atomic E-state index is 14.0.